The van der Waals surface area contributed by atoms with Gasteiger partial charge >= 0.3 is 0 Å². The number of carbonyl (C=O) groups excluding carboxylic acids is 3. The first-order valence-electron chi connectivity index (χ1n) is 13.2. The van der Waals surface area contributed by atoms with Gasteiger partial charge in [0.2, 0.25) is 17.7 Å². The molecule has 0 saturated heterocycles. The van der Waals surface area contributed by atoms with E-state index in [1.807, 2.05) is 0 Å². The van der Waals surface area contributed by atoms with Crippen LogP contribution >= 0.6 is 0 Å². The first-order chi connectivity index (χ1) is 19.0. The number of aliphatic hydroxyl groups excluding tert-OH is 1. The number of rotatable bonds is 12. The summed E-state index contributed by atoms with van der Waals surface area (Å²) in [5.74, 6) is 3.13. The van der Waals surface area contributed by atoms with Crippen LogP contribution < -0.4 is 21.1 Å². The van der Waals surface area contributed by atoms with Crippen LogP contribution in [0.3, 0.4) is 0 Å². The SMILES string of the molecule is CC#Cc1c(F)cccc1OCCNC(C)C(=O)N(C)C(C(=O)NC(C(N)=O)c1ccccc1)C(C)O.CCC. The summed E-state index contributed by atoms with van der Waals surface area (Å²) < 4.78 is 19.6. The van der Waals surface area contributed by atoms with Crippen LogP contribution in [0.5, 0.6) is 5.75 Å². The van der Waals surface area contributed by atoms with E-state index in [0.717, 1.165) is 4.90 Å². The molecule has 0 fully saturated rings. The molecule has 0 saturated carbocycles. The van der Waals surface area contributed by atoms with Crippen molar-refractivity contribution in [2.75, 3.05) is 20.2 Å². The molecule has 9 nitrogen and oxygen atoms in total. The molecule has 2 aromatic carbocycles. The summed E-state index contributed by atoms with van der Waals surface area (Å²) in [7, 11) is 1.39. The average Bonchev–Trinajstić information content (AvgIpc) is 2.91. The highest BCUT2D eigenvalue weighted by molar-refractivity contribution is 5.93. The Hall–Kier alpha value is -3.94. The number of nitrogens with two attached hydrogens (primary N) is 1. The lowest BCUT2D eigenvalue weighted by molar-refractivity contribution is -0.144. The molecule has 40 heavy (non-hydrogen) atoms. The fraction of sp³-hybridized carbons (Fsp3) is 0.433. The molecule has 3 amide bonds. The Labute approximate surface area is 236 Å². The molecule has 0 radical (unpaired) electrons. The van der Waals surface area contributed by atoms with Crippen molar-refractivity contribution in [3.05, 3.63) is 65.5 Å². The predicted molar refractivity (Wildman–Crippen MR) is 153 cm³/mol. The van der Waals surface area contributed by atoms with E-state index in [2.05, 4.69) is 36.3 Å². The van der Waals surface area contributed by atoms with Crippen LogP contribution in [0.1, 0.15) is 58.2 Å². The highest BCUT2D eigenvalue weighted by Gasteiger charge is 2.35. The van der Waals surface area contributed by atoms with E-state index in [-0.39, 0.29) is 18.7 Å². The second kappa shape index (κ2) is 17.6. The Morgan fingerprint density at radius 3 is 2.27 bits per heavy atom. The second-order valence-corrected chi connectivity index (χ2v) is 9.11. The normalized spacial score (nSPS) is 13.2. The third-order valence-electron chi connectivity index (χ3n) is 5.60. The zero-order valence-corrected chi connectivity index (χ0v) is 24.0. The maximum Gasteiger partial charge on any atom is 0.246 e. The minimum atomic E-state index is -1.28. The van der Waals surface area contributed by atoms with Crippen LogP contribution in [0.4, 0.5) is 4.39 Å². The lowest BCUT2D eigenvalue weighted by Gasteiger charge is -2.32. The van der Waals surface area contributed by atoms with Crippen LogP contribution in [-0.2, 0) is 14.4 Å². The monoisotopic (exact) mass is 556 g/mol. The van der Waals surface area contributed by atoms with Crippen LogP contribution in [0.25, 0.3) is 0 Å². The van der Waals surface area contributed by atoms with Gasteiger partial charge in [0, 0.05) is 13.6 Å². The number of ether oxygens (including phenoxy) is 1. The van der Waals surface area contributed by atoms with Gasteiger partial charge in [0.1, 0.15) is 35.8 Å². The van der Waals surface area contributed by atoms with Crippen molar-refractivity contribution < 1.29 is 28.6 Å². The maximum atomic E-state index is 14.0. The number of aliphatic hydroxyl groups is 1. The molecule has 2 aromatic rings. The van der Waals surface area contributed by atoms with Gasteiger partial charge in [0.25, 0.3) is 0 Å². The van der Waals surface area contributed by atoms with Crippen molar-refractivity contribution in [2.45, 2.75) is 65.3 Å². The van der Waals surface area contributed by atoms with E-state index >= 15 is 0 Å². The highest BCUT2D eigenvalue weighted by Crippen LogP contribution is 2.20. The number of benzene rings is 2. The molecule has 0 aliphatic carbocycles. The third kappa shape index (κ3) is 10.3. The molecule has 0 heterocycles. The molecule has 0 aliphatic heterocycles. The van der Waals surface area contributed by atoms with Gasteiger partial charge < -0.3 is 31.1 Å². The topological polar surface area (TPSA) is 134 Å². The number of nitrogens with one attached hydrogen (secondary N) is 2. The third-order valence-corrected chi connectivity index (χ3v) is 5.60. The second-order valence-electron chi connectivity index (χ2n) is 9.11. The van der Waals surface area contributed by atoms with Crippen molar-refractivity contribution in [1.82, 2.24) is 15.5 Å². The number of hydrogen-bond acceptors (Lipinski definition) is 6. The van der Waals surface area contributed by atoms with Gasteiger partial charge in [-0.05, 0) is 38.5 Å². The van der Waals surface area contributed by atoms with Crippen LogP contribution in [0, 0.1) is 17.7 Å². The molecular weight excluding hydrogens is 515 g/mol. The van der Waals surface area contributed by atoms with Gasteiger partial charge in [-0.25, -0.2) is 4.39 Å². The van der Waals surface area contributed by atoms with Crippen LogP contribution in [0.15, 0.2) is 48.5 Å². The molecule has 0 bridgehead atoms. The molecule has 0 aromatic heterocycles. The fourth-order valence-corrected chi connectivity index (χ4v) is 3.75. The average molecular weight is 557 g/mol. The summed E-state index contributed by atoms with van der Waals surface area (Å²) in [6, 6.07) is 9.68. The maximum absolute atomic E-state index is 14.0. The van der Waals surface area contributed by atoms with E-state index in [0.29, 0.717) is 11.3 Å². The van der Waals surface area contributed by atoms with E-state index in [9.17, 15) is 23.9 Å². The molecular formula is C30H41FN4O5. The molecule has 218 valence electrons. The van der Waals surface area contributed by atoms with Crippen molar-refractivity contribution in [1.29, 1.82) is 0 Å². The quantitative estimate of drug-likeness (QED) is 0.235. The lowest BCUT2D eigenvalue weighted by atomic mass is 10.0. The standard InChI is InChI=1S/C27H33FN4O5.C3H8/c1-5-10-20-21(28)13-9-14-22(20)37-16-15-30-17(2)27(36)32(4)24(18(3)33)26(35)31-23(25(29)34)19-11-7-6-8-12-19;1-3-2/h6-9,11-14,17-18,23-24,30,33H,15-16H2,1-4H3,(H2,29,34)(H,31,35);3H2,1-2H3. The Morgan fingerprint density at radius 2 is 1.73 bits per heavy atom. The lowest BCUT2D eigenvalue weighted by Crippen LogP contribution is -2.57. The summed E-state index contributed by atoms with van der Waals surface area (Å²) in [5, 5.41) is 15.8. The van der Waals surface area contributed by atoms with Gasteiger partial charge in [0.15, 0.2) is 0 Å². The highest BCUT2D eigenvalue weighted by atomic mass is 19.1. The summed E-state index contributed by atoms with van der Waals surface area (Å²) >= 11 is 0. The molecule has 5 N–H and O–H groups in total. The predicted octanol–water partition coefficient (Wildman–Crippen LogP) is 2.52. The molecule has 4 unspecified atom stereocenters. The Kier molecular flexibility index (Phi) is 15.0. The van der Waals surface area contributed by atoms with Gasteiger partial charge in [-0.15, -0.1) is 5.92 Å². The number of primary amides is 1. The summed E-state index contributed by atoms with van der Waals surface area (Å²) in [4.78, 5) is 39.1. The van der Waals surface area contributed by atoms with Crippen molar-refractivity contribution >= 4 is 17.7 Å². The summed E-state index contributed by atoms with van der Waals surface area (Å²) in [5.41, 5.74) is 6.11. The van der Waals surface area contributed by atoms with Crippen molar-refractivity contribution in [3.8, 4) is 17.6 Å². The number of hydrogen-bond donors (Lipinski definition) is 4. The number of carbonyl (C=O) groups is 3. The first-order valence-corrected chi connectivity index (χ1v) is 13.2. The number of nitrogens with zero attached hydrogens (tertiary/aromatic N) is 1. The zero-order chi connectivity index (χ0) is 30.2. The van der Waals surface area contributed by atoms with Gasteiger partial charge in [-0.1, -0.05) is 62.6 Å². The molecule has 2 rings (SSSR count). The minimum absolute atomic E-state index is 0.126. The summed E-state index contributed by atoms with van der Waals surface area (Å²) in [6.45, 7) is 9.18. The zero-order valence-electron chi connectivity index (χ0n) is 24.0. The van der Waals surface area contributed by atoms with E-state index in [1.165, 1.54) is 32.5 Å². The largest absolute Gasteiger partial charge is 0.491 e. The fourth-order valence-electron chi connectivity index (χ4n) is 3.75. The molecule has 10 heteroatoms. The number of halogens is 1. The molecule has 4 atom stereocenters. The van der Waals surface area contributed by atoms with Gasteiger partial charge in [-0.3, -0.25) is 14.4 Å². The van der Waals surface area contributed by atoms with E-state index in [1.54, 1.807) is 50.2 Å². The van der Waals surface area contributed by atoms with E-state index in [4.69, 9.17) is 10.5 Å². The molecule has 0 spiro atoms. The van der Waals surface area contributed by atoms with E-state index < -0.39 is 47.8 Å². The van der Waals surface area contributed by atoms with Gasteiger partial charge in [-0.2, -0.15) is 0 Å². The Morgan fingerprint density at radius 1 is 1.10 bits per heavy atom. The molecule has 0 aliphatic rings. The summed E-state index contributed by atoms with van der Waals surface area (Å²) in [6.07, 6.45) is 0.0138. The van der Waals surface area contributed by atoms with Crippen LogP contribution in [0.2, 0.25) is 0 Å². The van der Waals surface area contributed by atoms with Crippen molar-refractivity contribution in [3.63, 3.8) is 0 Å². The smallest absolute Gasteiger partial charge is 0.246 e. The number of likely N-dealkylation sites (N-methyl/N-ethyl adjacent to an activating group) is 1. The Bertz CT molecular complexity index is 1160. The van der Waals surface area contributed by atoms with Gasteiger partial charge in [0.05, 0.1) is 12.1 Å². The van der Waals surface area contributed by atoms with Crippen LogP contribution in [-0.4, -0.2) is 66.1 Å². The number of amides is 3. The minimum Gasteiger partial charge on any atom is -0.491 e. The Balaban J connectivity index is 0.00000254. The van der Waals surface area contributed by atoms with Crippen molar-refractivity contribution in [2.24, 2.45) is 5.73 Å². The first kappa shape index (κ1) is 34.1.